The molecule has 7 nitrogen and oxygen atoms in total. The minimum Gasteiger partial charge on any atom is -0.369 e. The summed E-state index contributed by atoms with van der Waals surface area (Å²) in [5.41, 5.74) is 7.85. The fourth-order valence-electron chi connectivity index (χ4n) is 4.71. The molecule has 3 atom stereocenters. The summed E-state index contributed by atoms with van der Waals surface area (Å²) < 4.78 is 53.8. The summed E-state index contributed by atoms with van der Waals surface area (Å²) in [6, 6.07) is 18.4. The van der Waals surface area contributed by atoms with E-state index in [2.05, 4.69) is 15.6 Å². The number of amides is 3. The number of carbonyl (C=O) groups is 3. The van der Waals surface area contributed by atoms with E-state index in [9.17, 15) is 31.9 Å². The number of nitrogens with zero attached hydrogens (tertiary/aromatic N) is 1. The topological polar surface area (TPSA) is 114 Å². The summed E-state index contributed by atoms with van der Waals surface area (Å²) in [5, 5.41) is 5.12. The number of nitrogens with one attached hydrogen (secondary N) is 2. The third-order valence-electron chi connectivity index (χ3n) is 6.60. The van der Waals surface area contributed by atoms with Crippen molar-refractivity contribution in [3.8, 4) is 0 Å². The van der Waals surface area contributed by atoms with Crippen LogP contribution in [0.3, 0.4) is 0 Å². The van der Waals surface area contributed by atoms with Crippen LogP contribution in [0.1, 0.15) is 41.0 Å². The number of benzodiazepines with no additional fused rings is 1. The van der Waals surface area contributed by atoms with Gasteiger partial charge >= 0.3 is 6.18 Å². The van der Waals surface area contributed by atoms with Crippen molar-refractivity contribution in [3.05, 3.63) is 101 Å². The first kappa shape index (κ1) is 28.5. The van der Waals surface area contributed by atoms with Gasteiger partial charge in [-0.05, 0) is 36.6 Å². The Bertz CT molecular complexity index is 1460. The van der Waals surface area contributed by atoms with E-state index in [4.69, 9.17) is 5.73 Å². The van der Waals surface area contributed by atoms with Gasteiger partial charge in [0.2, 0.25) is 18.0 Å². The Morgan fingerprint density at radius 1 is 1.05 bits per heavy atom. The molecular formula is C29H26F4N4O3. The molecule has 4 rings (SSSR count). The summed E-state index contributed by atoms with van der Waals surface area (Å²) in [6.45, 7) is 1.74. The highest BCUT2D eigenvalue weighted by molar-refractivity contribution is 6.20. The fraction of sp³-hybridized carbons (Fsp3) is 0.241. The van der Waals surface area contributed by atoms with Crippen LogP contribution in [0.5, 0.6) is 0 Å². The van der Waals surface area contributed by atoms with Gasteiger partial charge in [-0.3, -0.25) is 14.4 Å². The van der Waals surface area contributed by atoms with E-state index < -0.39 is 60.6 Å². The van der Waals surface area contributed by atoms with E-state index in [0.29, 0.717) is 22.4 Å². The van der Waals surface area contributed by atoms with Crippen LogP contribution >= 0.6 is 0 Å². The van der Waals surface area contributed by atoms with E-state index in [-0.39, 0.29) is 11.3 Å². The van der Waals surface area contributed by atoms with Gasteiger partial charge in [-0.1, -0.05) is 60.7 Å². The number of carbonyl (C=O) groups excluding carboxylic acids is 3. The molecule has 0 radical (unpaired) electrons. The van der Waals surface area contributed by atoms with Gasteiger partial charge < -0.3 is 16.4 Å². The largest absolute Gasteiger partial charge is 0.389 e. The second kappa shape index (κ2) is 11.7. The minimum atomic E-state index is -4.61. The first-order valence-corrected chi connectivity index (χ1v) is 12.4. The molecule has 4 N–H and O–H groups in total. The number of halogens is 4. The summed E-state index contributed by atoms with van der Waals surface area (Å²) in [4.78, 5) is 43.7. The molecule has 0 fully saturated rings. The van der Waals surface area contributed by atoms with Crippen LogP contribution in [0.25, 0.3) is 0 Å². The Morgan fingerprint density at radius 3 is 2.40 bits per heavy atom. The van der Waals surface area contributed by atoms with Crippen LogP contribution in [-0.4, -0.2) is 35.8 Å². The quantitative estimate of drug-likeness (QED) is 0.354. The molecular weight excluding hydrogens is 528 g/mol. The molecule has 3 amide bonds. The van der Waals surface area contributed by atoms with Gasteiger partial charge in [-0.25, -0.2) is 9.38 Å². The number of hydrogen-bond acceptors (Lipinski definition) is 4. The number of nitrogens with two attached hydrogens (primary N) is 1. The zero-order valence-electron chi connectivity index (χ0n) is 21.3. The van der Waals surface area contributed by atoms with Crippen LogP contribution < -0.4 is 16.4 Å². The number of alkyl halides is 3. The molecule has 0 saturated heterocycles. The Morgan fingerprint density at radius 2 is 1.75 bits per heavy atom. The minimum absolute atomic E-state index is 0.184. The SMILES string of the molecule is Cc1cccc2c1NC(=O)[C@@H](NC(=O)C(CCC(F)(F)F)C(C(N)=O)c1ccccc1)N=C2c1cccc(F)c1. The monoisotopic (exact) mass is 554 g/mol. The molecule has 0 bridgehead atoms. The van der Waals surface area contributed by atoms with E-state index in [1.807, 2.05) is 0 Å². The summed E-state index contributed by atoms with van der Waals surface area (Å²) in [7, 11) is 0. The number of aryl methyl sites for hydroxylation is 1. The first-order chi connectivity index (χ1) is 18.9. The Balaban J connectivity index is 1.75. The highest BCUT2D eigenvalue weighted by Gasteiger charge is 2.39. The van der Waals surface area contributed by atoms with Crippen molar-refractivity contribution in [3.63, 3.8) is 0 Å². The maximum atomic E-state index is 14.1. The number of benzene rings is 3. The third-order valence-corrected chi connectivity index (χ3v) is 6.60. The molecule has 1 aliphatic heterocycles. The Kier molecular flexibility index (Phi) is 8.32. The molecule has 11 heteroatoms. The third kappa shape index (κ3) is 6.53. The van der Waals surface area contributed by atoms with Crippen LogP contribution in [-0.2, 0) is 14.4 Å². The molecule has 0 aliphatic carbocycles. The Hall–Kier alpha value is -4.54. The molecule has 40 heavy (non-hydrogen) atoms. The van der Waals surface area contributed by atoms with Gasteiger partial charge in [0, 0.05) is 17.5 Å². The van der Waals surface area contributed by atoms with Gasteiger partial charge in [-0.2, -0.15) is 13.2 Å². The molecule has 0 aromatic heterocycles. The smallest absolute Gasteiger partial charge is 0.369 e. The predicted molar refractivity (Wildman–Crippen MR) is 141 cm³/mol. The van der Waals surface area contributed by atoms with Crippen LogP contribution in [0.4, 0.5) is 23.2 Å². The second-order valence-corrected chi connectivity index (χ2v) is 9.44. The van der Waals surface area contributed by atoms with Crippen molar-refractivity contribution in [2.24, 2.45) is 16.6 Å². The lowest BCUT2D eigenvalue weighted by molar-refractivity contribution is -0.144. The van der Waals surface area contributed by atoms with Crippen molar-refractivity contribution >= 4 is 29.1 Å². The van der Waals surface area contributed by atoms with Crippen LogP contribution in [0.15, 0.2) is 77.8 Å². The zero-order chi connectivity index (χ0) is 29.0. The number of aliphatic imine (C=N–C) groups is 1. The number of primary amides is 1. The van der Waals surface area contributed by atoms with E-state index in [1.165, 1.54) is 30.3 Å². The summed E-state index contributed by atoms with van der Waals surface area (Å²) in [6.07, 6.45) is -8.33. The number of hydrogen-bond donors (Lipinski definition) is 3. The summed E-state index contributed by atoms with van der Waals surface area (Å²) >= 11 is 0. The highest BCUT2D eigenvalue weighted by atomic mass is 19.4. The number of fused-ring (bicyclic) bond motifs is 1. The zero-order valence-corrected chi connectivity index (χ0v) is 21.3. The van der Waals surface area contributed by atoms with Gasteiger partial charge in [-0.15, -0.1) is 0 Å². The van der Waals surface area contributed by atoms with E-state index >= 15 is 0 Å². The van der Waals surface area contributed by atoms with Crippen molar-refractivity contribution in [1.82, 2.24) is 5.32 Å². The molecule has 0 saturated carbocycles. The molecule has 1 heterocycles. The molecule has 0 spiro atoms. The Labute approximate surface area is 227 Å². The maximum Gasteiger partial charge on any atom is 0.389 e. The predicted octanol–water partition coefficient (Wildman–Crippen LogP) is 4.59. The lowest BCUT2D eigenvalue weighted by Crippen LogP contribution is -2.47. The lowest BCUT2D eigenvalue weighted by atomic mass is 9.81. The molecule has 208 valence electrons. The normalized spacial score (nSPS) is 16.6. The molecule has 2 unspecified atom stereocenters. The standard InChI is InChI=1S/C29H26F4N4O3/c1-16-7-5-12-21-23(16)36-28(40)26(35-24(21)18-10-6-11-19(30)15-18)37-27(39)20(13-14-29(31,32)33)22(25(34)38)17-8-3-2-4-9-17/h2-12,15,20,22,26H,13-14H2,1H3,(H2,34,38)(H,36,40)(H,37,39)/t20?,22?,26-/m1/s1. The van der Waals surface area contributed by atoms with E-state index in [1.54, 1.807) is 49.4 Å². The summed E-state index contributed by atoms with van der Waals surface area (Å²) in [5.74, 6) is -6.29. The lowest BCUT2D eigenvalue weighted by Gasteiger charge is -2.26. The van der Waals surface area contributed by atoms with Gasteiger partial charge in [0.15, 0.2) is 0 Å². The second-order valence-electron chi connectivity index (χ2n) is 9.44. The van der Waals surface area contributed by atoms with Crippen LogP contribution in [0, 0.1) is 18.7 Å². The molecule has 3 aromatic rings. The first-order valence-electron chi connectivity index (χ1n) is 12.4. The van der Waals surface area contributed by atoms with Crippen molar-refractivity contribution in [2.45, 2.75) is 38.0 Å². The molecule has 1 aliphatic rings. The van der Waals surface area contributed by atoms with Gasteiger partial charge in [0.1, 0.15) is 5.82 Å². The number of anilines is 1. The van der Waals surface area contributed by atoms with Gasteiger partial charge in [0.05, 0.1) is 23.2 Å². The average Bonchev–Trinajstić information content (AvgIpc) is 3.03. The highest BCUT2D eigenvalue weighted by Crippen LogP contribution is 2.33. The van der Waals surface area contributed by atoms with Gasteiger partial charge in [0.25, 0.3) is 5.91 Å². The fourth-order valence-corrected chi connectivity index (χ4v) is 4.71. The van der Waals surface area contributed by atoms with Crippen molar-refractivity contribution < 1.29 is 31.9 Å². The average molecular weight is 555 g/mol. The van der Waals surface area contributed by atoms with Crippen molar-refractivity contribution in [1.29, 1.82) is 0 Å². The number of rotatable bonds is 8. The van der Waals surface area contributed by atoms with E-state index in [0.717, 1.165) is 0 Å². The molecule has 3 aromatic carbocycles. The number of para-hydroxylation sites is 1. The maximum absolute atomic E-state index is 14.1. The van der Waals surface area contributed by atoms with Crippen LogP contribution in [0.2, 0.25) is 0 Å². The van der Waals surface area contributed by atoms with Crippen molar-refractivity contribution in [2.75, 3.05) is 5.32 Å².